The van der Waals surface area contributed by atoms with Crippen LogP contribution in [0.3, 0.4) is 0 Å². The van der Waals surface area contributed by atoms with Gasteiger partial charge in [0.05, 0.1) is 5.56 Å². The topological polar surface area (TPSA) is 74.0 Å². The highest BCUT2D eigenvalue weighted by Gasteiger charge is 2.43. The number of dihydropyridines is 1. The van der Waals surface area contributed by atoms with E-state index in [0.29, 0.717) is 48.2 Å². The molecule has 1 atom stereocenters. The second-order valence-electron chi connectivity index (χ2n) is 10.9. The summed E-state index contributed by atoms with van der Waals surface area (Å²) >= 11 is 0. The van der Waals surface area contributed by atoms with Gasteiger partial charge in [-0.1, -0.05) is 44.2 Å². The first kappa shape index (κ1) is 25.8. The van der Waals surface area contributed by atoms with Crippen LogP contribution in [0.2, 0.25) is 0 Å². The summed E-state index contributed by atoms with van der Waals surface area (Å²) in [6.07, 6.45) is -1.04. The van der Waals surface area contributed by atoms with Crippen LogP contribution in [-0.2, 0) is 22.2 Å². The number of benzene rings is 2. The second kappa shape index (κ2) is 9.49. The summed E-state index contributed by atoms with van der Waals surface area (Å²) in [6.45, 7) is 6.16. The average Bonchev–Trinajstić information content (AvgIpc) is 3.25. The fraction of sp³-hybridized carbons (Fsp3) is 0.333. The molecule has 1 aliphatic carbocycles. The van der Waals surface area contributed by atoms with E-state index in [2.05, 4.69) is 15.6 Å². The minimum atomic E-state index is -4.48. The number of allylic oxidation sites excluding steroid dienone is 3. The van der Waals surface area contributed by atoms with Crippen molar-refractivity contribution in [2.24, 2.45) is 5.41 Å². The Hall–Kier alpha value is -3.81. The fourth-order valence-electron chi connectivity index (χ4n) is 5.68. The third kappa shape index (κ3) is 4.87. The maximum absolute atomic E-state index is 13.6. The standard InChI is InChI=1S/C30H30F3N3O2/c1-17-25(28(38)34-13-12-19-16-35-22-7-5-4-6-21(19)22)26(18-8-10-20(11-9-18)30(31,32)33)27-23(36-17)14-29(2,3)15-24(27)37/h4-11,16,26,35-36H,12-15H2,1-3H3,(H,34,38). The van der Waals surface area contributed by atoms with Gasteiger partial charge in [-0.05, 0) is 54.5 Å². The minimum absolute atomic E-state index is 0.0924. The first-order valence-electron chi connectivity index (χ1n) is 12.7. The van der Waals surface area contributed by atoms with Crippen LogP contribution in [0.1, 0.15) is 56.2 Å². The van der Waals surface area contributed by atoms with Crippen molar-refractivity contribution >= 4 is 22.6 Å². The summed E-state index contributed by atoms with van der Waals surface area (Å²) in [7, 11) is 0. The molecule has 5 rings (SSSR count). The number of alkyl halides is 3. The third-order valence-electron chi connectivity index (χ3n) is 7.41. The molecule has 2 aliphatic rings. The van der Waals surface area contributed by atoms with Crippen LogP contribution in [0.4, 0.5) is 13.2 Å². The SMILES string of the molecule is CC1=C(C(=O)NCCc2c[nH]c3ccccc23)C(c2ccc(C(F)(F)F)cc2)C2=C(CC(C)(C)CC2=O)N1. The van der Waals surface area contributed by atoms with E-state index in [0.717, 1.165) is 34.3 Å². The predicted molar refractivity (Wildman–Crippen MR) is 140 cm³/mol. The molecule has 0 saturated heterocycles. The fourth-order valence-corrected chi connectivity index (χ4v) is 5.68. The van der Waals surface area contributed by atoms with E-state index < -0.39 is 17.7 Å². The molecule has 0 bridgehead atoms. The van der Waals surface area contributed by atoms with E-state index in [4.69, 9.17) is 0 Å². The minimum Gasteiger partial charge on any atom is -0.362 e. The lowest BCUT2D eigenvalue weighted by Crippen LogP contribution is -2.41. The molecule has 3 aromatic rings. The lowest BCUT2D eigenvalue weighted by molar-refractivity contribution is -0.137. The number of carbonyl (C=O) groups excluding carboxylic acids is 2. The molecular weight excluding hydrogens is 491 g/mol. The van der Waals surface area contributed by atoms with Crippen LogP contribution >= 0.6 is 0 Å². The van der Waals surface area contributed by atoms with E-state index in [-0.39, 0.29) is 17.1 Å². The molecule has 2 heterocycles. The summed E-state index contributed by atoms with van der Waals surface area (Å²) < 4.78 is 39.7. The predicted octanol–water partition coefficient (Wildman–Crippen LogP) is 6.15. The number of nitrogens with one attached hydrogen (secondary N) is 3. The third-order valence-corrected chi connectivity index (χ3v) is 7.41. The van der Waals surface area contributed by atoms with Crippen LogP contribution in [0.5, 0.6) is 0 Å². The normalized spacial score (nSPS) is 19.4. The zero-order valence-electron chi connectivity index (χ0n) is 21.6. The van der Waals surface area contributed by atoms with Crippen molar-refractivity contribution < 1.29 is 22.8 Å². The molecule has 1 amide bonds. The van der Waals surface area contributed by atoms with Crippen molar-refractivity contribution in [3.05, 3.63) is 94.0 Å². The smallest absolute Gasteiger partial charge is 0.362 e. The first-order valence-corrected chi connectivity index (χ1v) is 12.7. The molecule has 0 spiro atoms. The van der Waals surface area contributed by atoms with Gasteiger partial charge in [-0.2, -0.15) is 13.2 Å². The average molecular weight is 522 g/mol. The van der Waals surface area contributed by atoms with Gasteiger partial charge in [-0.15, -0.1) is 0 Å². The number of hydrogen-bond donors (Lipinski definition) is 3. The van der Waals surface area contributed by atoms with Gasteiger partial charge in [0.1, 0.15) is 0 Å². The molecule has 38 heavy (non-hydrogen) atoms. The Morgan fingerprint density at radius 3 is 2.50 bits per heavy atom. The Balaban J connectivity index is 1.45. The number of amides is 1. The highest BCUT2D eigenvalue weighted by molar-refractivity contribution is 6.05. The molecule has 0 radical (unpaired) electrons. The monoisotopic (exact) mass is 521 g/mol. The number of Topliss-reactive ketones (excluding diaryl/α,β-unsaturated/α-hetero) is 1. The number of halogens is 3. The summed E-state index contributed by atoms with van der Waals surface area (Å²) in [4.78, 5) is 30.2. The number of aromatic amines is 1. The summed E-state index contributed by atoms with van der Waals surface area (Å²) in [5, 5.41) is 7.36. The second-order valence-corrected chi connectivity index (χ2v) is 10.9. The number of ketones is 1. The van der Waals surface area contributed by atoms with Crippen LogP contribution in [0.15, 0.2) is 77.3 Å². The van der Waals surface area contributed by atoms with Gasteiger partial charge in [0, 0.05) is 58.5 Å². The van der Waals surface area contributed by atoms with Crippen LogP contribution in [0, 0.1) is 5.41 Å². The van der Waals surface area contributed by atoms with Crippen molar-refractivity contribution in [2.45, 2.75) is 52.1 Å². The largest absolute Gasteiger partial charge is 0.416 e. The number of rotatable bonds is 5. The van der Waals surface area contributed by atoms with Crippen molar-refractivity contribution in [2.75, 3.05) is 6.54 Å². The van der Waals surface area contributed by atoms with Crippen LogP contribution in [0.25, 0.3) is 10.9 Å². The number of para-hydroxylation sites is 1. The molecule has 0 saturated carbocycles. The number of H-pyrrole nitrogens is 1. The Kier molecular flexibility index (Phi) is 6.45. The summed E-state index contributed by atoms with van der Waals surface area (Å²) in [6, 6.07) is 12.7. The maximum Gasteiger partial charge on any atom is 0.416 e. The number of hydrogen-bond acceptors (Lipinski definition) is 3. The molecule has 8 heteroatoms. The lowest BCUT2D eigenvalue weighted by Gasteiger charge is -2.39. The summed E-state index contributed by atoms with van der Waals surface area (Å²) in [5.41, 5.74) is 3.71. The Labute approximate surface area is 219 Å². The van der Waals surface area contributed by atoms with Crippen LogP contribution < -0.4 is 10.6 Å². The van der Waals surface area contributed by atoms with Crippen molar-refractivity contribution in [1.29, 1.82) is 0 Å². The molecule has 3 N–H and O–H groups in total. The maximum atomic E-state index is 13.6. The van der Waals surface area contributed by atoms with E-state index in [9.17, 15) is 22.8 Å². The highest BCUT2D eigenvalue weighted by Crippen LogP contribution is 2.47. The number of fused-ring (bicyclic) bond motifs is 1. The molecule has 2 aromatic carbocycles. The molecule has 5 nitrogen and oxygen atoms in total. The van der Waals surface area contributed by atoms with Gasteiger partial charge >= 0.3 is 6.18 Å². The van der Waals surface area contributed by atoms with Gasteiger partial charge < -0.3 is 15.6 Å². The molecule has 0 fully saturated rings. The molecule has 1 aromatic heterocycles. The number of aromatic nitrogens is 1. The van der Waals surface area contributed by atoms with E-state index in [1.165, 1.54) is 12.1 Å². The highest BCUT2D eigenvalue weighted by atomic mass is 19.4. The van der Waals surface area contributed by atoms with Gasteiger partial charge in [-0.25, -0.2) is 0 Å². The van der Waals surface area contributed by atoms with Crippen molar-refractivity contribution in [3.8, 4) is 0 Å². The van der Waals surface area contributed by atoms with Crippen molar-refractivity contribution in [3.63, 3.8) is 0 Å². The zero-order valence-corrected chi connectivity index (χ0v) is 21.6. The first-order chi connectivity index (χ1) is 17.9. The van der Waals surface area contributed by atoms with Gasteiger partial charge in [0.25, 0.3) is 0 Å². The van der Waals surface area contributed by atoms with E-state index >= 15 is 0 Å². The van der Waals surface area contributed by atoms with E-state index in [1.54, 1.807) is 6.92 Å². The lowest BCUT2D eigenvalue weighted by atomic mass is 9.68. The molecule has 1 unspecified atom stereocenters. The van der Waals surface area contributed by atoms with Crippen LogP contribution in [-0.4, -0.2) is 23.2 Å². The quantitative estimate of drug-likeness (QED) is 0.377. The number of carbonyl (C=O) groups is 2. The van der Waals surface area contributed by atoms with Gasteiger partial charge in [-0.3, -0.25) is 9.59 Å². The summed E-state index contributed by atoms with van der Waals surface area (Å²) in [5.74, 6) is -1.18. The zero-order chi connectivity index (χ0) is 27.2. The van der Waals surface area contributed by atoms with Crippen molar-refractivity contribution in [1.82, 2.24) is 15.6 Å². The Morgan fingerprint density at radius 1 is 1.08 bits per heavy atom. The Morgan fingerprint density at radius 2 is 1.79 bits per heavy atom. The molecule has 1 aliphatic heterocycles. The van der Waals surface area contributed by atoms with E-state index in [1.807, 2.05) is 44.3 Å². The van der Waals surface area contributed by atoms with Gasteiger partial charge in [0.2, 0.25) is 5.91 Å². The Bertz CT molecular complexity index is 1480. The molecular formula is C30H30F3N3O2. The molecule has 198 valence electrons. The van der Waals surface area contributed by atoms with Gasteiger partial charge in [0.15, 0.2) is 5.78 Å².